The molecular formula is C24H31N5O6S. The van der Waals surface area contributed by atoms with E-state index in [-0.39, 0.29) is 46.0 Å². The molecule has 0 bridgehead atoms. The van der Waals surface area contributed by atoms with E-state index in [4.69, 9.17) is 4.42 Å². The van der Waals surface area contributed by atoms with Crippen LogP contribution in [0.15, 0.2) is 43.5 Å². The number of hydrogen-bond acceptors (Lipinski definition) is 8. The maximum absolute atomic E-state index is 13.1. The summed E-state index contributed by atoms with van der Waals surface area (Å²) in [6.07, 6.45) is 1.79. The number of carbonyl (C=O) groups is 1. The van der Waals surface area contributed by atoms with Crippen molar-refractivity contribution in [2.75, 3.05) is 11.9 Å². The minimum Gasteiger partial charge on any atom is -0.464 e. The molecule has 2 atom stereocenters. The smallest absolute Gasteiger partial charge is 0.367 e. The number of hydrogen-bond donors (Lipinski definition) is 3. The van der Waals surface area contributed by atoms with Crippen LogP contribution >= 0.6 is 0 Å². The Kier molecular flexibility index (Phi) is 6.84. The van der Waals surface area contributed by atoms with Crippen LogP contribution in [0.1, 0.15) is 68.5 Å². The van der Waals surface area contributed by atoms with Crippen molar-refractivity contribution in [1.29, 1.82) is 0 Å². The standard InChI is InChI=1S/C24H31N5O6S/c1-14-8-7-13-29(14)23(30)16-9-6-10-17(19(16)35-31)25-21-22(28-36(32,33)27-21)26-20(24(3,4)5)18-12-11-15(2)34-18/h6,9-12,14,20,31H,7-8,13H2,1-5H3,(H,25,27)(H,26,28)/t14-,20?/m1/s1. The van der Waals surface area contributed by atoms with Gasteiger partial charge in [0, 0.05) is 12.6 Å². The van der Waals surface area contributed by atoms with Gasteiger partial charge in [-0.25, -0.2) is 5.26 Å². The molecule has 0 aliphatic carbocycles. The van der Waals surface area contributed by atoms with E-state index < -0.39 is 16.3 Å². The summed E-state index contributed by atoms with van der Waals surface area (Å²) in [5, 5.41) is 15.7. The third-order valence-electron chi connectivity index (χ3n) is 6.23. The van der Waals surface area contributed by atoms with Crippen molar-refractivity contribution in [2.24, 2.45) is 14.2 Å². The van der Waals surface area contributed by atoms with Gasteiger partial charge in [0.15, 0.2) is 11.7 Å². The minimum absolute atomic E-state index is 0.0298. The number of para-hydroxylation sites is 1. The van der Waals surface area contributed by atoms with E-state index in [9.17, 15) is 18.5 Å². The quantitative estimate of drug-likeness (QED) is 0.400. The molecule has 2 aliphatic heterocycles. The summed E-state index contributed by atoms with van der Waals surface area (Å²) >= 11 is 0. The lowest BCUT2D eigenvalue weighted by molar-refractivity contribution is -0.137. The highest BCUT2D eigenvalue weighted by atomic mass is 32.2. The number of benzene rings is 1. The zero-order valence-corrected chi connectivity index (χ0v) is 21.7. The predicted molar refractivity (Wildman–Crippen MR) is 136 cm³/mol. The van der Waals surface area contributed by atoms with Gasteiger partial charge in [-0.2, -0.15) is 8.42 Å². The number of rotatable bonds is 5. The molecule has 2 aliphatic rings. The van der Waals surface area contributed by atoms with Crippen LogP contribution in [0.25, 0.3) is 0 Å². The van der Waals surface area contributed by atoms with E-state index in [2.05, 4.69) is 24.3 Å². The van der Waals surface area contributed by atoms with Gasteiger partial charge in [0.25, 0.3) is 5.91 Å². The van der Waals surface area contributed by atoms with Crippen LogP contribution < -0.4 is 15.5 Å². The van der Waals surface area contributed by atoms with Crippen LogP contribution in [0.3, 0.4) is 0 Å². The summed E-state index contributed by atoms with van der Waals surface area (Å²) in [5.74, 6) is 0.761. The van der Waals surface area contributed by atoms with Crippen molar-refractivity contribution in [1.82, 2.24) is 10.2 Å². The Balaban J connectivity index is 1.65. The number of nitrogens with one attached hydrogen (secondary N) is 2. The highest BCUT2D eigenvalue weighted by Crippen LogP contribution is 2.35. The van der Waals surface area contributed by atoms with Crippen LogP contribution in [-0.2, 0) is 10.2 Å². The molecule has 1 amide bonds. The number of nitrogens with zero attached hydrogens (tertiary/aromatic N) is 3. The molecule has 0 saturated carbocycles. The van der Waals surface area contributed by atoms with E-state index in [0.29, 0.717) is 18.1 Å². The molecule has 3 heterocycles. The van der Waals surface area contributed by atoms with E-state index in [0.717, 1.165) is 12.8 Å². The van der Waals surface area contributed by atoms with Crippen molar-refractivity contribution in [3.8, 4) is 5.75 Å². The van der Waals surface area contributed by atoms with Crippen LogP contribution in [0.2, 0.25) is 0 Å². The van der Waals surface area contributed by atoms with E-state index in [1.165, 1.54) is 6.07 Å². The fraction of sp³-hybridized carbons (Fsp3) is 0.458. The van der Waals surface area contributed by atoms with Gasteiger partial charge in [-0.3, -0.25) is 4.79 Å². The molecule has 1 aromatic carbocycles. The van der Waals surface area contributed by atoms with E-state index in [1.807, 2.05) is 46.8 Å². The van der Waals surface area contributed by atoms with Gasteiger partial charge in [-0.05, 0) is 56.4 Å². The first-order valence-corrected chi connectivity index (χ1v) is 13.1. The fourth-order valence-corrected chi connectivity index (χ4v) is 5.17. The summed E-state index contributed by atoms with van der Waals surface area (Å²) in [7, 11) is -4.16. The van der Waals surface area contributed by atoms with Gasteiger partial charge in [0.2, 0.25) is 5.75 Å². The van der Waals surface area contributed by atoms with Gasteiger partial charge < -0.3 is 24.8 Å². The van der Waals surface area contributed by atoms with Gasteiger partial charge >= 0.3 is 10.2 Å². The number of anilines is 1. The summed E-state index contributed by atoms with van der Waals surface area (Å²) in [5.41, 5.74) is -0.0907. The zero-order chi connectivity index (χ0) is 26.3. The Morgan fingerprint density at radius 2 is 1.94 bits per heavy atom. The first-order valence-electron chi connectivity index (χ1n) is 11.7. The van der Waals surface area contributed by atoms with Crippen LogP contribution in [0.5, 0.6) is 5.75 Å². The summed E-state index contributed by atoms with van der Waals surface area (Å²) in [6.45, 7) is 10.3. The molecule has 11 nitrogen and oxygen atoms in total. The van der Waals surface area contributed by atoms with Crippen LogP contribution in [0.4, 0.5) is 5.69 Å². The maximum Gasteiger partial charge on any atom is 0.367 e. The molecule has 4 rings (SSSR count). The highest BCUT2D eigenvalue weighted by molar-refractivity contribution is 7.89. The second kappa shape index (κ2) is 9.58. The number of amidine groups is 2. The Bertz CT molecular complexity index is 1320. The summed E-state index contributed by atoms with van der Waals surface area (Å²) < 4.78 is 37.9. The lowest BCUT2D eigenvalue weighted by Gasteiger charge is -2.30. The first-order chi connectivity index (χ1) is 16.9. The normalized spacial score (nSPS) is 20.1. The van der Waals surface area contributed by atoms with Gasteiger partial charge in [-0.1, -0.05) is 26.8 Å². The fourth-order valence-electron chi connectivity index (χ4n) is 4.39. The largest absolute Gasteiger partial charge is 0.464 e. The van der Waals surface area contributed by atoms with Crippen LogP contribution in [-0.4, -0.2) is 48.7 Å². The van der Waals surface area contributed by atoms with Gasteiger partial charge in [-0.15, -0.1) is 8.80 Å². The lowest BCUT2D eigenvalue weighted by atomic mass is 9.85. The Hall–Kier alpha value is -3.38. The van der Waals surface area contributed by atoms with Crippen molar-refractivity contribution < 1.29 is 27.8 Å². The van der Waals surface area contributed by atoms with Crippen LogP contribution in [0, 0.1) is 12.3 Å². The molecule has 1 aromatic heterocycles. The van der Waals surface area contributed by atoms with Crippen molar-refractivity contribution in [3.63, 3.8) is 0 Å². The zero-order valence-electron chi connectivity index (χ0n) is 20.9. The maximum atomic E-state index is 13.1. The Labute approximate surface area is 210 Å². The van der Waals surface area contributed by atoms with Crippen molar-refractivity contribution >= 4 is 33.5 Å². The molecule has 0 spiro atoms. The number of carbonyl (C=O) groups excluding carboxylic acids is 1. The third kappa shape index (κ3) is 5.24. The molecule has 2 aromatic rings. The molecule has 194 valence electrons. The average molecular weight is 518 g/mol. The predicted octanol–water partition coefficient (Wildman–Crippen LogP) is 3.91. The average Bonchev–Trinajstić information content (AvgIpc) is 3.48. The first kappa shape index (κ1) is 25.7. The Morgan fingerprint density at radius 1 is 1.22 bits per heavy atom. The van der Waals surface area contributed by atoms with Gasteiger partial charge in [0.05, 0.1) is 17.3 Å². The van der Waals surface area contributed by atoms with Crippen molar-refractivity contribution in [3.05, 3.63) is 47.4 Å². The third-order valence-corrected chi connectivity index (χ3v) is 7.06. The monoisotopic (exact) mass is 517 g/mol. The van der Waals surface area contributed by atoms with E-state index in [1.54, 1.807) is 17.0 Å². The molecule has 3 N–H and O–H groups in total. The molecule has 12 heteroatoms. The summed E-state index contributed by atoms with van der Waals surface area (Å²) in [6, 6.07) is 7.95. The lowest BCUT2D eigenvalue weighted by Crippen LogP contribution is -2.41. The number of likely N-dealkylation sites (tertiary alicyclic amines) is 1. The minimum atomic E-state index is -4.16. The highest BCUT2D eigenvalue weighted by Gasteiger charge is 2.35. The van der Waals surface area contributed by atoms with E-state index >= 15 is 0 Å². The van der Waals surface area contributed by atoms with Gasteiger partial charge in [0.1, 0.15) is 11.5 Å². The molecule has 1 fully saturated rings. The van der Waals surface area contributed by atoms with Crippen molar-refractivity contribution in [2.45, 2.75) is 59.5 Å². The number of aryl methyl sites for hydroxylation is 1. The second-order valence-electron chi connectivity index (χ2n) is 10.1. The SMILES string of the molecule is Cc1ccc(C(NC2=NS(=O)(=O)N=C2Nc2cccc(C(=O)N3CCC[C@H]3C)c2OO)C(C)(C)C)o1. The number of furan rings is 1. The summed E-state index contributed by atoms with van der Waals surface area (Å²) in [4.78, 5) is 19.5. The Morgan fingerprint density at radius 3 is 2.53 bits per heavy atom. The molecular weight excluding hydrogens is 486 g/mol. The molecule has 1 saturated heterocycles. The topological polar surface area (TPSA) is 146 Å². The molecule has 0 radical (unpaired) electrons. The molecule has 36 heavy (non-hydrogen) atoms. The second-order valence-corrected chi connectivity index (χ2v) is 11.4. The number of amides is 1. The molecule has 1 unspecified atom stereocenters.